The van der Waals surface area contributed by atoms with Crippen LogP contribution in [0.1, 0.15) is 41.5 Å². The summed E-state index contributed by atoms with van der Waals surface area (Å²) >= 11 is 0. The fourth-order valence-electron chi connectivity index (χ4n) is 2.75. The van der Waals surface area contributed by atoms with Crippen molar-refractivity contribution in [3.63, 3.8) is 0 Å². The molecule has 0 aliphatic carbocycles. The van der Waals surface area contributed by atoms with Gasteiger partial charge in [0, 0.05) is 17.4 Å². The minimum Gasteiger partial charge on any atom is -0.497 e. The van der Waals surface area contributed by atoms with Crippen molar-refractivity contribution in [1.82, 2.24) is 4.98 Å². The van der Waals surface area contributed by atoms with Crippen molar-refractivity contribution in [3.8, 4) is 17.2 Å². The van der Waals surface area contributed by atoms with E-state index in [0.717, 1.165) is 17.1 Å². The molecule has 0 aliphatic rings. The van der Waals surface area contributed by atoms with Gasteiger partial charge in [0.1, 0.15) is 17.2 Å². The lowest BCUT2D eigenvalue weighted by molar-refractivity contribution is 0.102. The van der Waals surface area contributed by atoms with Gasteiger partial charge < -0.3 is 14.8 Å². The Morgan fingerprint density at radius 2 is 1.68 bits per heavy atom. The van der Waals surface area contributed by atoms with Crippen LogP contribution in [-0.2, 0) is 0 Å². The van der Waals surface area contributed by atoms with Gasteiger partial charge in [-0.2, -0.15) is 0 Å². The van der Waals surface area contributed by atoms with Crippen LogP contribution in [0.3, 0.4) is 0 Å². The predicted molar refractivity (Wildman–Crippen MR) is 111 cm³/mol. The SMILES string of the molecule is COc1cccc(Oc2ccc(NC(=O)c3ccc(C(C)C)nc3C)cc2)c1. The number of carbonyl (C=O) groups is 1. The van der Waals surface area contributed by atoms with Crippen LogP contribution in [0, 0.1) is 6.92 Å². The number of hydrogen-bond donors (Lipinski definition) is 1. The molecule has 5 heteroatoms. The number of anilines is 1. The number of aryl methyl sites for hydroxylation is 1. The standard InChI is InChI=1S/C23H24N2O3/c1-15(2)22-13-12-21(16(3)24-22)23(26)25-17-8-10-18(11-9-17)28-20-7-5-6-19(14-20)27-4/h5-15H,1-4H3,(H,25,26). The lowest BCUT2D eigenvalue weighted by Gasteiger charge is -2.11. The quantitative estimate of drug-likeness (QED) is 0.611. The zero-order valence-corrected chi connectivity index (χ0v) is 16.5. The average molecular weight is 376 g/mol. The van der Waals surface area contributed by atoms with Gasteiger partial charge in [-0.15, -0.1) is 0 Å². The van der Waals surface area contributed by atoms with E-state index in [-0.39, 0.29) is 5.91 Å². The molecule has 0 radical (unpaired) electrons. The number of pyridine rings is 1. The molecule has 1 amide bonds. The van der Waals surface area contributed by atoms with Crippen molar-refractivity contribution in [1.29, 1.82) is 0 Å². The van der Waals surface area contributed by atoms with Crippen molar-refractivity contribution in [3.05, 3.63) is 77.6 Å². The van der Waals surface area contributed by atoms with E-state index >= 15 is 0 Å². The second-order valence-corrected chi connectivity index (χ2v) is 6.78. The second kappa shape index (κ2) is 8.57. The van der Waals surface area contributed by atoms with Crippen molar-refractivity contribution >= 4 is 11.6 Å². The maximum absolute atomic E-state index is 12.6. The number of aromatic nitrogens is 1. The molecule has 0 bridgehead atoms. The number of amides is 1. The van der Waals surface area contributed by atoms with E-state index in [0.29, 0.717) is 28.7 Å². The molecular weight excluding hydrogens is 352 g/mol. The largest absolute Gasteiger partial charge is 0.497 e. The van der Waals surface area contributed by atoms with E-state index in [9.17, 15) is 4.79 Å². The molecule has 0 saturated carbocycles. The summed E-state index contributed by atoms with van der Waals surface area (Å²) in [5, 5.41) is 2.90. The highest BCUT2D eigenvalue weighted by molar-refractivity contribution is 6.05. The molecule has 3 aromatic rings. The number of nitrogens with one attached hydrogen (secondary N) is 1. The van der Waals surface area contributed by atoms with Gasteiger partial charge in [0.2, 0.25) is 0 Å². The molecule has 28 heavy (non-hydrogen) atoms. The molecule has 0 saturated heterocycles. The Kier molecular flexibility index (Phi) is 5.94. The molecule has 2 aromatic carbocycles. The topological polar surface area (TPSA) is 60.5 Å². The molecule has 1 N–H and O–H groups in total. The van der Waals surface area contributed by atoms with E-state index in [2.05, 4.69) is 24.1 Å². The normalized spacial score (nSPS) is 10.6. The molecule has 0 aliphatic heterocycles. The maximum Gasteiger partial charge on any atom is 0.257 e. The van der Waals surface area contributed by atoms with E-state index in [1.165, 1.54) is 0 Å². The number of carbonyl (C=O) groups excluding carboxylic acids is 1. The molecule has 1 aromatic heterocycles. The Balaban J connectivity index is 1.67. The lowest BCUT2D eigenvalue weighted by atomic mass is 10.1. The Morgan fingerprint density at radius 1 is 0.964 bits per heavy atom. The van der Waals surface area contributed by atoms with E-state index in [1.54, 1.807) is 19.2 Å². The average Bonchev–Trinajstić information content (AvgIpc) is 2.69. The van der Waals surface area contributed by atoms with Gasteiger partial charge >= 0.3 is 0 Å². The van der Waals surface area contributed by atoms with Gasteiger partial charge in [-0.1, -0.05) is 19.9 Å². The molecule has 5 nitrogen and oxygen atoms in total. The van der Waals surface area contributed by atoms with Crippen LogP contribution in [-0.4, -0.2) is 18.0 Å². The van der Waals surface area contributed by atoms with Crippen molar-refractivity contribution in [2.75, 3.05) is 12.4 Å². The van der Waals surface area contributed by atoms with Crippen LogP contribution in [0.2, 0.25) is 0 Å². The first-order valence-electron chi connectivity index (χ1n) is 9.17. The highest BCUT2D eigenvalue weighted by Gasteiger charge is 2.12. The summed E-state index contributed by atoms with van der Waals surface area (Å²) in [6.45, 7) is 6.01. The van der Waals surface area contributed by atoms with Gasteiger partial charge in [-0.05, 0) is 61.4 Å². The second-order valence-electron chi connectivity index (χ2n) is 6.78. The Hall–Kier alpha value is -3.34. The molecule has 0 unspecified atom stereocenters. The van der Waals surface area contributed by atoms with Crippen LogP contribution in [0.15, 0.2) is 60.7 Å². The molecule has 0 atom stereocenters. The number of nitrogens with zero attached hydrogens (tertiary/aromatic N) is 1. The monoisotopic (exact) mass is 376 g/mol. The third-order valence-corrected chi connectivity index (χ3v) is 4.33. The Bertz CT molecular complexity index is 966. The first-order chi connectivity index (χ1) is 13.5. The summed E-state index contributed by atoms with van der Waals surface area (Å²) in [5.41, 5.74) is 2.96. The summed E-state index contributed by atoms with van der Waals surface area (Å²) in [6.07, 6.45) is 0. The molecular formula is C23H24N2O3. The van der Waals surface area contributed by atoms with Gasteiger partial charge in [0.05, 0.1) is 18.4 Å². The van der Waals surface area contributed by atoms with Crippen molar-refractivity contribution in [2.24, 2.45) is 0 Å². The van der Waals surface area contributed by atoms with Gasteiger partial charge in [0.25, 0.3) is 5.91 Å². The number of methoxy groups -OCH3 is 1. The van der Waals surface area contributed by atoms with Crippen molar-refractivity contribution in [2.45, 2.75) is 26.7 Å². The fraction of sp³-hybridized carbons (Fsp3) is 0.217. The van der Waals surface area contributed by atoms with Crippen LogP contribution in [0.25, 0.3) is 0 Å². The number of hydrogen-bond acceptors (Lipinski definition) is 4. The maximum atomic E-state index is 12.6. The summed E-state index contributed by atoms with van der Waals surface area (Å²) in [7, 11) is 1.62. The van der Waals surface area contributed by atoms with Crippen LogP contribution < -0.4 is 14.8 Å². The minimum atomic E-state index is -0.179. The Labute approximate surface area is 165 Å². The van der Waals surface area contributed by atoms with Crippen LogP contribution in [0.5, 0.6) is 17.2 Å². The van der Waals surface area contributed by atoms with Crippen molar-refractivity contribution < 1.29 is 14.3 Å². The third kappa shape index (κ3) is 4.68. The van der Waals surface area contributed by atoms with Gasteiger partial charge in [0.15, 0.2) is 0 Å². The van der Waals surface area contributed by atoms with Gasteiger partial charge in [-0.25, -0.2) is 0 Å². The Morgan fingerprint density at radius 3 is 2.32 bits per heavy atom. The number of benzene rings is 2. The summed E-state index contributed by atoms with van der Waals surface area (Å²) in [5.74, 6) is 2.23. The minimum absolute atomic E-state index is 0.179. The number of ether oxygens (including phenoxy) is 2. The molecule has 144 valence electrons. The van der Waals surface area contributed by atoms with E-state index < -0.39 is 0 Å². The number of rotatable bonds is 6. The fourth-order valence-corrected chi connectivity index (χ4v) is 2.75. The highest BCUT2D eigenvalue weighted by Crippen LogP contribution is 2.26. The smallest absolute Gasteiger partial charge is 0.257 e. The summed E-state index contributed by atoms with van der Waals surface area (Å²) in [4.78, 5) is 17.1. The zero-order valence-electron chi connectivity index (χ0n) is 16.5. The molecule has 3 rings (SSSR count). The van der Waals surface area contributed by atoms with E-state index in [1.807, 2.05) is 55.5 Å². The first-order valence-corrected chi connectivity index (χ1v) is 9.17. The first kappa shape index (κ1) is 19.4. The van der Waals surface area contributed by atoms with Crippen LogP contribution in [0.4, 0.5) is 5.69 Å². The zero-order chi connectivity index (χ0) is 20.1. The molecule has 1 heterocycles. The molecule has 0 spiro atoms. The summed E-state index contributed by atoms with van der Waals surface area (Å²) < 4.78 is 11.0. The lowest BCUT2D eigenvalue weighted by Crippen LogP contribution is -2.14. The van der Waals surface area contributed by atoms with Gasteiger partial charge in [-0.3, -0.25) is 9.78 Å². The highest BCUT2D eigenvalue weighted by atomic mass is 16.5. The third-order valence-electron chi connectivity index (χ3n) is 4.33. The predicted octanol–water partition coefficient (Wildman–Crippen LogP) is 5.57. The molecule has 0 fully saturated rings. The summed E-state index contributed by atoms with van der Waals surface area (Å²) in [6, 6.07) is 18.3. The van der Waals surface area contributed by atoms with Crippen LogP contribution >= 0.6 is 0 Å². The van der Waals surface area contributed by atoms with E-state index in [4.69, 9.17) is 9.47 Å².